The lowest BCUT2D eigenvalue weighted by molar-refractivity contribution is 0.100. The van der Waals surface area contributed by atoms with E-state index in [4.69, 9.17) is 11.6 Å². The average molecular weight is 522 g/mol. The maximum Gasteiger partial charge on any atom is 0.317 e. The Hall–Kier alpha value is -3.27. The predicted molar refractivity (Wildman–Crippen MR) is 132 cm³/mol. The van der Waals surface area contributed by atoms with Gasteiger partial charge in [-0.1, -0.05) is 11.6 Å². The van der Waals surface area contributed by atoms with E-state index in [1.807, 2.05) is 4.90 Å². The summed E-state index contributed by atoms with van der Waals surface area (Å²) >= 11 is 5.94. The van der Waals surface area contributed by atoms with Gasteiger partial charge in [-0.2, -0.15) is 4.99 Å². The van der Waals surface area contributed by atoms with Gasteiger partial charge in [0, 0.05) is 41.4 Å². The second-order valence-corrected chi connectivity index (χ2v) is 9.45. The number of urea groups is 1. The third-order valence-electron chi connectivity index (χ3n) is 6.29. The van der Waals surface area contributed by atoms with Crippen LogP contribution in [0.5, 0.6) is 0 Å². The van der Waals surface area contributed by atoms with Crippen LogP contribution in [0.2, 0.25) is 5.02 Å². The van der Waals surface area contributed by atoms with Crippen molar-refractivity contribution in [3.05, 3.63) is 64.4 Å². The number of nitrogens with one attached hydrogen (secondary N) is 3. The van der Waals surface area contributed by atoms with E-state index in [1.54, 1.807) is 0 Å². The number of anilines is 1. The van der Waals surface area contributed by atoms with Crippen LogP contribution in [-0.2, 0) is 0 Å². The number of rotatable bonds is 4. The first-order valence-corrected chi connectivity index (χ1v) is 12.3. The SMILES string of the molecule is O=C(/N=C(/Nc1cc(F)cc(Cl)c1)N[C@H]1CC[C@H](NC(=O)N2CCCC2)CC1)c1ccc(F)c(F)c1. The summed E-state index contributed by atoms with van der Waals surface area (Å²) in [5.41, 5.74) is 0.122. The van der Waals surface area contributed by atoms with Gasteiger partial charge in [0.2, 0.25) is 5.96 Å². The number of carbonyl (C=O) groups excluding carboxylic acids is 2. The number of halogens is 4. The van der Waals surface area contributed by atoms with Gasteiger partial charge >= 0.3 is 6.03 Å². The number of amides is 3. The Bertz CT molecular complexity index is 1130. The van der Waals surface area contributed by atoms with Gasteiger partial charge < -0.3 is 20.9 Å². The monoisotopic (exact) mass is 521 g/mol. The second-order valence-electron chi connectivity index (χ2n) is 9.01. The lowest BCUT2D eigenvalue weighted by atomic mass is 9.91. The number of guanidine groups is 1. The van der Waals surface area contributed by atoms with Gasteiger partial charge in [-0.3, -0.25) is 4.79 Å². The zero-order valence-electron chi connectivity index (χ0n) is 19.5. The third-order valence-corrected chi connectivity index (χ3v) is 6.51. The summed E-state index contributed by atoms with van der Waals surface area (Å²) in [4.78, 5) is 30.9. The highest BCUT2D eigenvalue weighted by molar-refractivity contribution is 6.31. The molecule has 2 aromatic carbocycles. The van der Waals surface area contributed by atoms with Gasteiger partial charge in [0.1, 0.15) is 5.82 Å². The number of hydrogen-bond acceptors (Lipinski definition) is 2. The van der Waals surface area contributed by atoms with Crippen LogP contribution in [0.3, 0.4) is 0 Å². The Kier molecular flexibility index (Phi) is 8.35. The Morgan fingerprint density at radius 1 is 0.889 bits per heavy atom. The molecular weight excluding hydrogens is 495 g/mol. The Morgan fingerprint density at radius 3 is 2.19 bits per heavy atom. The molecule has 1 heterocycles. The van der Waals surface area contributed by atoms with E-state index in [0.717, 1.165) is 63.0 Å². The zero-order valence-corrected chi connectivity index (χ0v) is 20.3. The number of nitrogens with zero attached hydrogens (tertiary/aromatic N) is 2. The Labute approximate surface area is 212 Å². The van der Waals surface area contributed by atoms with Crippen LogP contribution >= 0.6 is 11.6 Å². The van der Waals surface area contributed by atoms with Gasteiger partial charge in [-0.05, 0) is 74.9 Å². The van der Waals surface area contributed by atoms with E-state index in [1.165, 1.54) is 12.1 Å². The van der Waals surface area contributed by atoms with Crippen molar-refractivity contribution in [2.45, 2.75) is 50.6 Å². The zero-order chi connectivity index (χ0) is 25.7. The molecule has 0 radical (unpaired) electrons. The largest absolute Gasteiger partial charge is 0.353 e. The molecule has 2 aliphatic rings. The van der Waals surface area contributed by atoms with E-state index >= 15 is 0 Å². The maximum atomic E-state index is 13.8. The minimum atomic E-state index is -1.16. The molecule has 0 bridgehead atoms. The van der Waals surface area contributed by atoms with Crippen molar-refractivity contribution < 1.29 is 22.8 Å². The number of aliphatic imine (C=N–C) groups is 1. The van der Waals surface area contributed by atoms with Crippen molar-refractivity contribution in [2.75, 3.05) is 18.4 Å². The highest BCUT2D eigenvalue weighted by Crippen LogP contribution is 2.21. The number of likely N-dealkylation sites (tertiary alicyclic amines) is 1. The molecule has 11 heteroatoms. The first-order chi connectivity index (χ1) is 17.3. The van der Waals surface area contributed by atoms with Crippen molar-refractivity contribution in [3.63, 3.8) is 0 Å². The summed E-state index contributed by atoms with van der Waals surface area (Å²) in [6.45, 7) is 1.56. The van der Waals surface area contributed by atoms with Crippen LogP contribution in [0.15, 0.2) is 41.4 Å². The minimum absolute atomic E-state index is 0.0240. The molecule has 1 saturated carbocycles. The van der Waals surface area contributed by atoms with E-state index in [9.17, 15) is 22.8 Å². The van der Waals surface area contributed by atoms with Crippen molar-refractivity contribution in [3.8, 4) is 0 Å². The van der Waals surface area contributed by atoms with E-state index in [0.29, 0.717) is 12.8 Å². The minimum Gasteiger partial charge on any atom is -0.353 e. The molecule has 192 valence electrons. The van der Waals surface area contributed by atoms with E-state index in [2.05, 4.69) is 20.9 Å². The summed E-state index contributed by atoms with van der Waals surface area (Å²) in [7, 11) is 0. The molecule has 36 heavy (non-hydrogen) atoms. The van der Waals surface area contributed by atoms with Gasteiger partial charge in [0.25, 0.3) is 5.91 Å². The fraction of sp³-hybridized carbons (Fsp3) is 0.400. The normalized spacial score (nSPS) is 20.2. The fourth-order valence-corrected chi connectivity index (χ4v) is 4.64. The number of benzene rings is 2. The molecule has 0 unspecified atom stereocenters. The lowest BCUT2D eigenvalue weighted by Crippen LogP contribution is -2.48. The third kappa shape index (κ3) is 6.90. The molecule has 3 N–H and O–H groups in total. The smallest absolute Gasteiger partial charge is 0.317 e. The van der Waals surface area contributed by atoms with Crippen molar-refractivity contribution in [1.82, 2.24) is 15.5 Å². The van der Waals surface area contributed by atoms with Gasteiger partial charge in [0.05, 0.1) is 0 Å². The van der Waals surface area contributed by atoms with Crippen LogP contribution in [0.25, 0.3) is 0 Å². The number of carbonyl (C=O) groups is 2. The highest BCUT2D eigenvalue weighted by Gasteiger charge is 2.26. The van der Waals surface area contributed by atoms with Gasteiger partial charge in [0.15, 0.2) is 11.6 Å². The molecule has 0 aromatic heterocycles. The van der Waals surface area contributed by atoms with Crippen LogP contribution in [0, 0.1) is 17.5 Å². The van der Waals surface area contributed by atoms with Crippen molar-refractivity contribution in [2.24, 2.45) is 4.99 Å². The molecule has 1 saturated heterocycles. The summed E-state index contributed by atoms with van der Waals surface area (Å²) in [6.07, 6.45) is 4.89. The first-order valence-electron chi connectivity index (χ1n) is 11.9. The molecule has 1 aliphatic carbocycles. The second kappa shape index (κ2) is 11.6. The molecule has 2 aromatic rings. The summed E-state index contributed by atoms with van der Waals surface area (Å²) in [5, 5.41) is 9.26. The lowest BCUT2D eigenvalue weighted by Gasteiger charge is -2.31. The summed E-state index contributed by atoms with van der Waals surface area (Å²) in [5.74, 6) is -3.60. The summed E-state index contributed by atoms with van der Waals surface area (Å²) in [6, 6.07) is 6.48. The molecule has 0 atom stereocenters. The highest BCUT2D eigenvalue weighted by atomic mass is 35.5. The quantitative estimate of drug-likeness (QED) is 0.387. The molecule has 3 amide bonds. The topological polar surface area (TPSA) is 85.8 Å². The fourth-order valence-electron chi connectivity index (χ4n) is 4.42. The molecule has 2 fully saturated rings. The van der Waals surface area contributed by atoms with Crippen molar-refractivity contribution >= 4 is 35.2 Å². The Morgan fingerprint density at radius 2 is 1.56 bits per heavy atom. The molecule has 4 rings (SSSR count). The van der Waals surface area contributed by atoms with E-state index in [-0.39, 0.29) is 40.3 Å². The maximum absolute atomic E-state index is 13.8. The van der Waals surface area contributed by atoms with E-state index < -0.39 is 23.4 Å². The molecular formula is C25H27ClF3N5O2. The van der Waals surface area contributed by atoms with Crippen LogP contribution in [0.4, 0.5) is 23.7 Å². The Balaban J connectivity index is 1.43. The molecule has 0 spiro atoms. The van der Waals surface area contributed by atoms with Crippen LogP contribution < -0.4 is 16.0 Å². The number of hydrogen-bond donors (Lipinski definition) is 3. The molecule has 1 aliphatic heterocycles. The average Bonchev–Trinajstić information content (AvgIpc) is 3.36. The predicted octanol–water partition coefficient (Wildman–Crippen LogP) is 5.07. The van der Waals surface area contributed by atoms with Gasteiger partial charge in [-0.25, -0.2) is 18.0 Å². The van der Waals surface area contributed by atoms with Crippen LogP contribution in [-0.4, -0.2) is 48.0 Å². The van der Waals surface area contributed by atoms with Crippen LogP contribution in [0.1, 0.15) is 48.9 Å². The standard InChI is InChI=1S/C25H27ClF3N5O2/c26-16-12-17(27)14-20(13-16)31-24(33-23(35)15-3-8-21(28)22(29)11-15)30-18-4-6-19(7-5-18)32-25(36)34-9-1-2-10-34/h3,8,11-14,18-19H,1-2,4-7,9-10H2,(H,32,36)(H2,30,31,33,35)/t18-,19-. The van der Waals surface area contributed by atoms with Gasteiger partial charge in [-0.15, -0.1) is 0 Å². The molecule has 7 nitrogen and oxygen atoms in total. The first kappa shape index (κ1) is 25.8. The summed E-state index contributed by atoms with van der Waals surface area (Å²) < 4.78 is 40.7. The van der Waals surface area contributed by atoms with Crippen molar-refractivity contribution in [1.29, 1.82) is 0 Å².